The number of carbonyl (C=O) groups is 3. The van der Waals surface area contributed by atoms with E-state index in [1.165, 1.54) is 34.5 Å². The first-order chi connectivity index (χ1) is 45.2. The van der Waals surface area contributed by atoms with Gasteiger partial charge in [-0.15, -0.1) is 0 Å². The molecule has 3 heterocycles. The van der Waals surface area contributed by atoms with Crippen LogP contribution in [0.25, 0.3) is 32.7 Å². The van der Waals surface area contributed by atoms with Crippen molar-refractivity contribution < 1.29 is 114 Å². The van der Waals surface area contributed by atoms with Gasteiger partial charge in [0.2, 0.25) is 0 Å². The molecule has 0 aliphatic heterocycles. The number of benzene rings is 4. The highest BCUT2D eigenvalue weighted by atomic mass is 35.5. The predicted octanol–water partition coefficient (Wildman–Crippen LogP) is 13.8. The molecule has 0 fully saturated rings. The third-order valence-electron chi connectivity index (χ3n) is 12.8. The van der Waals surface area contributed by atoms with Gasteiger partial charge >= 0.3 is 38.4 Å². The summed E-state index contributed by atoms with van der Waals surface area (Å²) in [5.41, 5.74) is 0.682. The summed E-state index contributed by atoms with van der Waals surface area (Å²) in [6.45, 7) is -4.60. The number of aromatic nitrogens is 3. The highest BCUT2D eigenvalue weighted by Gasteiger charge is 2.38. The molecule has 0 aliphatic carbocycles. The summed E-state index contributed by atoms with van der Waals surface area (Å²) >= 11 is 6.00. The van der Waals surface area contributed by atoms with Crippen molar-refractivity contribution in [1.82, 2.24) is 30.9 Å². The van der Waals surface area contributed by atoms with Crippen molar-refractivity contribution in [3.05, 3.63) is 123 Å². The first-order valence-electron chi connectivity index (χ1n) is 27.6. The van der Waals surface area contributed by atoms with Crippen molar-refractivity contribution in [1.29, 1.82) is 0 Å². The zero-order valence-electron chi connectivity index (χ0n) is 51.1. The summed E-state index contributed by atoms with van der Waals surface area (Å²) < 4.78 is 215. The molecule has 0 saturated heterocycles. The third-order valence-corrected chi connectivity index (χ3v) is 13.1. The molecule has 0 unspecified atom stereocenters. The fourth-order valence-corrected chi connectivity index (χ4v) is 8.60. The van der Waals surface area contributed by atoms with Crippen molar-refractivity contribution in [3.8, 4) is 23.0 Å². The van der Waals surface area contributed by atoms with Crippen LogP contribution in [0.2, 0.25) is 5.02 Å². The fraction of sp³-hybridized carbons (Fsp3) is 0.339. The van der Waals surface area contributed by atoms with Crippen molar-refractivity contribution in [2.75, 3.05) is 59.1 Å². The highest BCUT2D eigenvalue weighted by Crippen LogP contribution is 2.43. The van der Waals surface area contributed by atoms with Gasteiger partial charge in [-0.25, -0.2) is 15.0 Å². The fourth-order valence-electron chi connectivity index (χ4n) is 8.36. The van der Waals surface area contributed by atoms with Gasteiger partial charge in [-0.2, -0.15) is 65.9 Å². The molecule has 0 radical (unpaired) electrons. The number of nitrogens with one attached hydrogen (secondary N) is 4. The summed E-state index contributed by atoms with van der Waals surface area (Å²) in [4.78, 5) is 62.8. The third kappa shape index (κ3) is 21.8. The lowest BCUT2D eigenvalue weighted by molar-refractivity contribution is -0.137. The molecule has 7 rings (SSSR count). The highest BCUT2D eigenvalue weighted by molar-refractivity contribution is 6.36. The van der Waals surface area contributed by atoms with E-state index in [0.29, 0.717) is 60.3 Å². The molecule has 0 spiro atoms. The molecule has 96 heavy (non-hydrogen) atoms. The number of hydrogen-bond donors (Lipinski definition) is 5. The molecule has 6 N–H and O–H groups in total. The Morgan fingerprint density at radius 3 is 1.19 bits per heavy atom. The molecule has 21 nitrogen and oxygen atoms in total. The minimum atomic E-state index is -4.98. The summed E-state index contributed by atoms with van der Waals surface area (Å²) in [6.07, 6.45) is -13.5. The SMILES string of the molecule is CCC(CNC(=O)c1cc(Cl)c2cc(OC(F)F)cc(C(F)(F)F)c2n1)=NOC.CCC(CNC(=O)c1cc(N)c2cc(OC(F)F)cc(C(F)(F)F)c2n1)=NOC.CCC(CNC(=O)c1cc(NCc2ccc(OC)cc2)c2cc(OC(F)F)cc(C(F)(F)F)c2n1)=NOC. The van der Waals surface area contributed by atoms with Crippen LogP contribution in [-0.2, 0) is 39.6 Å². The van der Waals surface area contributed by atoms with E-state index in [1.54, 1.807) is 45.0 Å². The van der Waals surface area contributed by atoms with E-state index in [1.807, 2.05) is 0 Å². The Bertz CT molecular complexity index is 3810. The molecule has 7 aromatic rings. The predicted molar refractivity (Wildman–Crippen MR) is 321 cm³/mol. The van der Waals surface area contributed by atoms with E-state index >= 15 is 0 Å². The van der Waals surface area contributed by atoms with Crippen LogP contribution in [0.4, 0.5) is 77.2 Å². The average Bonchev–Trinajstić information content (AvgIpc) is 0.780. The maximum absolute atomic E-state index is 14.0. The van der Waals surface area contributed by atoms with E-state index < -0.39 is 107 Å². The summed E-state index contributed by atoms with van der Waals surface area (Å²) in [6, 6.07) is 14.2. The van der Waals surface area contributed by atoms with Crippen molar-refractivity contribution in [2.45, 2.75) is 84.9 Å². The van der Waals surface area contributed by atoms with Gasteiger partial charge in [-0.05, 0) is 91.6 Å². The summed E-state index contributed by atoms with van der Waals surface area (Å²) in [5, 5.41) is 20.6. The molecule has 0 bridgehead atoms. The number of nitrogens with zero attached hydrogens (tertiary/aromatic N) is 6. The quantitative estimate of drug-likeness (QED) is 0.0202. The van der Waals surface area contributed by atoms with Crippen molar-refractivity contribution in [2.24, 2.45) is 15.5 Å². The maximum Gasteiger partial charge on any atom is 0.418 e. The number of pyridine rings is 3. The molecule has 3 amide bonds. The molecule has 37 heteroatoms. The number of carbonyl (C=O) groups excluding carboxylic acids is 3. The van der Waals surface area contributed by atoms with Crippen molar-refractivity contribution >= 4 is 90.5 Å². The van der Waals surface area contributed by atoms with E-state index in [0.717, 1.165) is 35.9 Å². The van der Waals surface area contributed by atoms with Crippen LogP contribution < -0.4 is 45.9 Å². The second-order valence-corrected chi connectivity index (χ2v) is 19.6. The Morgan fingerprint density at radius 1 is 0.490 bits per heavy atom. The van der Waals surface area contributed by atoms with Crippen LogP contribution in [0, 0.1) is 0 Å². The minimum Gasteiger partial charge on any atom is -0.497 e. The molecule has 0 saturated carbocycles. The first-order valence-corrected chi connectivity index (χ1v) is 28.0. The lowest BCUT2D eigenvalue weighted by Gasteiger charge is -2.17. The summed E-state index contributed by atoms with van der Waals surface area (Å²) in [7, 11) is 5.50. The smallest absolute Gasteiger partial charge is 0.418 e. The van der Waals surface area contributed by atoms with Gasteiger partial charge in [-0.3, -0.25) is 14.4 Å². The van der Waals surface area contributed by atoms with Crippen LogP contribution in [0.15, 0.2) is 94.3 Å². The van der Waals surface area contributed by atoms with E-state index in [-0.39, 0.29) is 75.8 Å². The van der Waals surface area contributed by atoms with Gasteiger partial charge in [0.1, 0.15) is 61.4 Å². The number of methoxy groups -OCH3 is 1. The normalized spacial score (nSPS) is 12.2. The lowest BCUT2D eigenvalue weighted by Crippen LogP contribution is -2.30. The Balaban J connectivity index is 0.000000264. The van der Waals surface area contributed by atoms with Crippen LogP contribution >= 0.6 is 11.6 Å². The average molecular weight is 1400 g/mol. The minimum absolute atomic E-state index is 0.0178. The number of fused-ring (bicyclic) bond motifs is 3. The van der Waals surface area contributed by atoms with Crippen LogP contribution in [-0.4, -0.2) is 118 Å². The van der Waals surface area contributed by atoms with Gasteiger partial charge in [0, 0.05) is 34.1 Å². The topological polar surface area (TPSA) is 266 Å². The molecule has 0 atom stereocenters. The number of nitrogen functional groups attached to an aromatic ring is 1. The number of anilines is 2. The molecule has 0 aliphatic rings. The number of oxime groups is 3. The standard InChI is InChI=1S/C25H25F5N4O4.C17H15ClF5N3O3.C17H17F5N4O3/c1-4-15(34-37-3)13-32-23(35)21-11-20(31-12-14-5-7-16(36-2)8-6-14)18-9-17(38-24(26)27)10-19(22(18)33-21)25(28,29)30;1-3-8(26-28-2)7-24-15(27)13-6-12(18)10-4-9(29-16(19)20)5-11(14(10)25-13)17(21,22)23;1-3-8(26-28-2)7-24-15(27)13-6-12(23)10-4-9(29-16(18)19)5-11(14(10)25-13)17(20,21)22/h5-11,24H,4,12-13H2,1-3H3,(H,31,33)(H,32,35);4-6,16H,3,7H2,1-2H3,(H,24,27);4-6,16H,3,7H2,1-2H3,(H2,23,25)(H,24,27). The van der Waals surface area contributed by atoms with Gasteiger partial charge in [0.05, 0.1) is 82.1 Å². The van der Waals surface area contributed by atoms with Crippen LogP contribution in [0.1, 0.15) is 93.8 Å². The summed E-state index contributed by atoms with van der Waals surface area (Å²) in [5.74, 6) is -3.91. The number of halogens is 16. The Morgan fingerprint density at radius 2 is 0.833 bits per heavy atom. The lowest BCUT2D eigenvalue weighted by atomic mass is 10.1. The monoisotopic (exact) mass is 1400 g/mol. The van der Waals surface area contributed by atoms with E-state index in [4.69, 9.17) is 26.9 Å². The van der Waals surface area contributed by atoms with Gasteiger partial charge in [0.15, 0.2) is 0 Å². The Kier molecular flexibility index (Phi) is 27.5. The van der Waals surface area contributed by atoms with Crippen LogP contribution in [0.5, 0.6) is 23.0 Å². The second-order valence-electron chi connectivity index (χ2n) is 19.2. The van der Waals surface area contributed by atoms with E-state index in [9.17, 15) is 80.2 Å². The number of hydrogen-bond acceptors (Lipinski definition) is 18. The van der Waals surface area contributed by atoms with E-state index in [2.05, 4.69) is 75.6 Å². The molecular weight excluding hydrogens is 1340 g/mol. The number of amides is 3. The Labute approximate surface area is 539 Å². The largest absolute Gasteiger partial charge is 0.497 e. The molecule has 3 aromatic heterocycles. The van der Waals surface area contributed by atoms with Crippen LogP contribution in [0.3, 0.4) is 0 Å². The first kappa shape index (κ1) is 76.7. The number of alkyl halides is 15. The second kappa shape index (κ2) is 34.4. The van der Waals surface area contributed by atoms with Gasteiger partial charge in [0.25, 0.3) is 17.7 Å². The molecular formula is C59H57ClF15N11O10. The zero-order valence-corrected chi connectivity index (χ0v) is 51.8. The number of ether oxygens (including phenoxy) is 4. The zero-order chi connectivity index (χ0) is 71.4. The number of nitrogens with two attached hydrogens (primary N) is 1. The maximum atomic E-state index is 14.0. The van der Waals surface area contributed by atoms with Crippen molar-refractivity contribution in [3.63, 3.8) is 0 Å². The van der Waals surface area contributed by atoms with Gasteiger partial charge < -0.3 is 60.5 Å². The molecule has 4 aromatic carbocycles. The molecule has 520 valence electrons. The number of rotatable bonds is 25. The van der Waals surface area contributed by atoms with Gasteiger partial charge in [-0.1, -0.05) is 60.0 Å². The Hall–Kier alpha value is -10.0.